The molecule has 2 unspecified atom stereocenters. The molecule has 0 aromatic heterocycles. The molecule has 1 rings (SSSR count). The third-order valence-corrected chi connectivity index (χ3v) is 3.68. The molecule has 2 nitrogen and oxygen atoms in total. The van der Waals surface area contributed by atoms with Gasteiger partial charge in [0.15, 0.2) is 0 Å². The van der Waals surface area contributed by atoms with Crippen LogP contribution in [-0.4, -0.2) is 30.6 Å². The first-order valence-corrected chi connectivity index (χ1v) is 6.24. The normalized spacial score (nSPS) is 26.5. The zero-order valence-electron chi connectivity index (χ0n) is 10.3. The molecule has 1 saturated carbocycles. The van der Waals surface area contributed by atoms with E-state index in [0.717, 1.165) is 24.9 Å². The fourth-order valence-electron chi connectivity index (χ4n) is 2.63. The summed E-state index contributed by atoms with van der Waals surface area (Å²) < 4.78 is 0. The lowest BCUT2D eigenvalue weighted by Crippen LogP contribution is -2.37. The first-order chi connectivity index (χ1) is 7.19. The largest absolute Gasteiger partial charge is 0.330 e. The highest BCUT2D eigenvalue weighted by Gasteiger charge is 2.27. The monoisotopic (exact) mass is 210 g/mol. The molecule has 0 aromatic rings. The summed E-state index contributed by atoms with van der Waals surface area (Å²) in [6, 6.07) is 0.613. The Morgan fingerprint density at radius 2 is 2.07 bits per heavy atom. The summed E-state index contributed by atoms with van der Waals surface area (Å²) in [5.74, 6) is 1.58. The van der Waals surface area contributed by atoms with Crippen molar-refractivity contribution in [3.63, 3.8) is 0 Å². The lowest BCUT2D eigenvalue weighted by Gasteiger charge is -2.30. The van der Waals surface area contributed by atoms with Crippen molar-refractivity contribution in [1.82, 2.24) is 4.90 Å². The molecule has 0 saturated heterocycles. The minimum atomic E-state index is 0.613. The molecule has 0 amide bonds. The van der Waals surface area contributed by atoms with E-state index in [1.54, 1.807) is 0 Å². The van der Waals surface area contributed by atoms with Gasteiger partial charge in [-0.1, -0.05) is 12.5 Å². The molecule has 0 radical (unpaired) electrons. The summed E-state index contributed by atoms with van der Waals surface area (Å²) in [5, 5.41) is 0. The van der Waals surface area contributed by atoms with E-state index in [4.69, 9.17) is 5.73 Å². The first-order valence-electron chi connectivity index (χ1n) is 6.24. The highest BCUT2D eigenvalue weighted by Crippen LogP contribution is 2.31. The average Bonchev–Trinajstić information content (AvgIpc) is 2.64. The van der Waals surface area contributed by atoms with E-state index in [2.05, 4.69) is 25.3 Å². The van der Waals surface area contributed by atoms with Gasteiger partial charge < -0.3 is 5.73 Å². The van der Waals surface area contributed by atoms with Crippen molar-refractivity contribution in [2.45, 2.75) is 39.2 Å². The van der Waals surface area contributed by atoms with Crippen LogP contribution in [0.25, 0.3) is 0 Å². The summed E-state index contributed by atoms with van der Waals surface area (Å²) in [7, 11) is 0. The second-order valence-electron chi connectivity index (χ2n) is 5.02. The average molecular weight is 210 g/mol. The molecule has 2 N–H and O–H groups in total. The Morgan fingerprint density at radius 3 is 2.60 bits per heavy atom. The van der Waals surface area contributed by atoms with Gasteiger partial charge in [0.25, 0.3) is 0 Å². The predicted molar refractivity (Wildman–Crippen MR) is 66.8 cm³/mol. The molecule has 1 aliphatic rings. The summed E-state index contributed by atoms with van der Waals surface area (Å²) in [4.78, 5) is 2.51. The standard InChI is InChI=1S/C13H26N2/c1-4-8-15(11(2)3)10-13-7-5-6-12(13)9-14/h4,11-13H,1,5-10,14H2,2-3H3. The molecule has 0 heterocycles. The Kier molecular flexibility index (Phi) is 5.34. The molecule has 0 aromatic carbocycles. The van der Waals surface area contributed by atoms with Crippen LogP contribution in [0.2, 0.25) is 0 Å². The molecule has 2 heteroatoms. The molecule has 0 spiro atoms. The Hall–Kier alpha value is -0.340. The molecule has 0 bridgehead atoms. The van der Waals surface area contributed by atoms with Gasteiger partial charge in [-0.3, -0.25) is 4.90 Å². The van der Waals surface area contributed by atoms with Crippen molar-refractivity contribution in [1.29, 1.82) is 0 Å². The second-order valence-corrected chi connectivity index (χ2v) is 5.02. The van der Waals surface area contributed by atoms with Gasteiger partial charge in [-0.15, -0.1) is 6.58 Å². The Morgan fingerprint density at radius 1 is 1.40 bits per heavy atom. The summed E-state index contributed by atoms with van der Waals surface area (Å²) >= 11 is 0. The molecule has 1 fully saturated rings. The van der Waals surface area contributed by atoms with Crippen molar-refractivity contribution in [3.8, 4) is 0 Å². The molecular formula is C13H26N2. The van der Waals surface area contributed by atoms with Gasteiger partial charge in [0, 0.05) is 19.1 Å². The fourth-order valence-corrected chi connectivity index (χ4v) is 2.63. The van der Waals surface area contributed by atoms with E-state index in [1.807, 2.05) is 6.08 Å². The van der Waals surface area contributed by atoms with Crippen LogP contribution in [0.4, 0.5) is 0 Å². The number of nitrogens with two attached hydrogens (primary N) is 1. The molecule has 1 aliphatic carbocycles. The van der Waals surface area contributed by atoms with Crippen molar-refractivity contribution < 1.29 is 0 Å². The maximum Gasteiger partial charge on any atom is 0.0163 e. The molecule has 88 valence electrons. The minimum Gasteiger partial charge on any atom is -0.330 e. The van der Waals surface area contributed by atoms with Gasteiger partial charge in [-0.05, 0) is 45.1 Å². The fraction of sp³-hybridized carbons (Fsp3) is 0.846. The van der Waals surface area contributed by atoms with Gasteiger partial charge in [-0.2, -0.15) is 0 Å². The van der Waals surface area contributed by atoms with Gasteiger partial charge in [0.2, 0.25) is 0 Å². The van der Waals surface area contributed by atoms with Crippen LogP contribution in [0.15, 0.2) is 12.7 Å². The lowest BCUT2D eigenvalue weighted by atomic mass is 9.95. The van der Waals surface area contributed by atoms with Gasteiger partial charge in [-0.25, -0.2) is 0 Å². The van der Waals surface area contributed by atoms with E-state index < -0.39 is 0 Å². The number of hydrogen-bond donors (Lipinski definition) is 1. The topological polar surface area (TPSA) is 29.3 Å². The van der Waals surface area contributed by atoms with E-state index in [9.17, 15) is 0 Å². The van der Waals surface area contributed by atoms with Crippen LogP contribution in [0.1, 0.15) is 33.1 Å². The summed E-state index contributed by atoms with van der Waals surface area (Å²) in [5.41, 5.74) is 5.81. The molecule has 2 atom stereocenters. The zero-order chi connectivity index (χ0) is 11.3. The SMILES string of the molecule is C=CCN(CC1CCCC1CN)C(C)C. The van der Waals surface area contributed by atoms with Crippen LogP contribution in [0.5, 0.6) is 0 Å². The van der Waals surface area contributed by atoms with Gasteiger partial charge in [0.05, 0.1) is 0 Å². The van der Waals surface area contributed by atoms with E-state index in [-0.39, 0.29) is 0 Å². The maximum atomic E-state index is 5.81. The maximum absolute atomic E-state index is 5.81. The lowest BCUT2D eigenvalue weighted by molar-refractivity contribution is 0.186. The molecule has 15 heavy (non-hydrogen) atoms. The van der Waals surface area contributed by atoms with Crippen molar-refractivity contribution in [2.75, 3.05) is 19.6 Å². The number of nitrogens with zero attached hydrogens (tertiary/aromatic N) is 1. The third-order valence-electron chi connectivity index (χ3n) is 3.68. The Balaban J connectivity index is 2.45. The van der Waals surface area contributed by atoms with Crippen LogP contribution >= 0.6 is 0 Å². The van der Waals surface area contributed by atoms with Gasteiger partial charge in [0.1, 0.15) is 0 Å². The number of hydrogen-bond acceptors (Lipinski definition) is 2. The van der Waals surface area contributed by atoms with E-state index in [0.29, 0.717) is 6.04 Å². The summed E-state index contributed by atoms with van der Waals surface area (Å²) in [6.45, 7) is 11.4. The van der Waals surface area contributed by atoms with Crippen LogP contribution in [0.3, 0.4) is 0 Å². The van der Waals surface area contributed by atoms with Crippen molar-refractivity contribution in [2.24, 2.45) is 17.6 Å². The molecular weight excluding hydrogens is 184 g/mol. The third kappa shape index (κ3) is 3.62. The quantitative estimate of drug-likeness (QED) is 0.681. The predicted octanol–water partition coefficient (Wildman–Crippen LogP) is 2.26. The Bertz CT molecular complexity index is 189. The second kappa shape index (κ2) is 6.29. The van der Waals surface area contributed by atoms with E-state index >= 15 is 0 Å². The smallest absolute Gasteiger partial charge is 0.0163 e. The minimum absolute atomic E-state index is 0.613. The van der Waals surface area contributed by atoms with Crippen molar-refractivity contribution >= 4 is 0 Å². The summed E-state index contributed by atoms with van der Waals surface area (Å²) in [6.07, 6.45) is 6.07. The van der Waals surface area contributed by atoms with Crippen molar-refractivity contribution in [3.05, 3.63) is 12.7 Å². The zero-order valence-corrected chi connectivity index (χ0v) is 10.3. The van der Waals surface area contributed by atoms with E-state index in [1.165, 1.54) is 25.8 Å². The van der Waals surface area contributed by atoms with Crippen LogP contribution in [-0.2, 0) is 0 Å². The van der Waals surface area contributed by atoms with Gasteiger partial charge >= 0.3 is 0 Å². The Labute approximate surface area is 94.5 Å². The van der Waals surface area contributed by atoms with Crippen LogP contribution in [0, 0.1) is 11.8 Å². The molecule has 0 aliphatic heterocycles. The number of rotatable bonds is 6. The highest BCUT2D eigenvalue weighted by atomic mass is 15.1. The highest BCUT2D eigenvalue weighted by molar-refractivity contribution is 4.84. The van der Waals surface area contributed by atoms with Crippen LogP contribution < -0.4 is 5.73 Å². The first kappa shape index (κ1) is 12.7.